The van der Waals surface area contributed by atoms with E-state index in [9.17, 15) is 0 Å². The number of aryl methyl sites for hydroxylation is 1. The number of nitrogens with two attached hydrogens (primary N) is 1. The molecule has 0 saturated heterocycles. The van der Waals surface area contributed by atoms with Gasteiger partial charge in [-0.15, -0.1) is 11.8 Å². The second-order valence-electron chi connectivity index (χ2n) is 5.07. The van der Waals surface area contributed by atoms with Gasteiger partial charge >= 0.3 is 0 Å². The molecular formula is C17H19NOS. The summed E-state index contributed by atoms with van der Waals surface area (Å²) in [4.78, 5) is 0. The summed E-state index contributed by atoms with van der Waals surface area (Å²) in [5.41, 5.74) is 10.9. The molecule has 2 N–H and O–H groups in total. The fourth-order valence-electron chi connectivity index (χ4n) is 2.61. The van der Waals surface area contributed by atoms with Crippen LogP contribution in [0.25, 0.3) is 0 Å². The van der Waals surface area contributed by atoms with E-state index in [1.165, 1.54) is 22.3 Å². The minimum atomic E-state index is 0.312. The van der Waals surface area contributed by atoms with Crippen molar-refractivity contribution in [3.05, 3.63) is 64.7 Å². The molecule has 2 aromatic rings. The van der Waals surface area contributed by atoms with Crippen LogP contribution < -0.4 is 10.5 Å². The van der Waals surface area contributed by atoms with Crippen LogP contribution in [0, 0.1) is 6.92 Å². The first-order valence-electron chi connectivity index (χ1n) is 6.92. The molecule has 2 nitrogen and oxygen atoms in total. The standard InChI is InChI=1S/C17H19NOS/c1-12-6-7-16-15(10-12)17(20-9-8-18)14-5-3-2-4-13(14)11-19-16/h2-7,10,17H,8-9,11,18H2,1H3/t17-/m1/s1. The van der Waals surface area contributed by atoms with E-state index in [1.807, 2.05) is 11.8 Å². The molecule has 104 valence electrons. The number of hydrogen-bond acceptors (Lipinski definition) is 3. The maximum absolute atomic E-state index is 6.00. The largest absolute Gasteiger partial charge is 0.489 e. The topological polar surface area (TPSA) is 35.2 Å². The molecule has 0 saturated carbocycles. The summed E-state index contributed by atoms with van der Waals surface area (Å²) in [5.74, 6) is 1.95. The van der Waals surface area contributed by atoms with Gasteiger partial charge in [-0.1, -0.05) is 42.0 Å². The Bertz CT molecular complexity index is 612. The summed E-state index contributed by atoms with van der Waals surface area (Å²) >= 11 is 1.90. The van der Waals surface area contributed by atoms with E-state index in [4.69, 9.17) is 10.5 Å². The molecule has 0 aliphatic carbocycles. The van der Waals surface area contributed by atoms with Crippen molar-refractivity contribution < 1.29 is 4.74 Å². The van der Waals surface area contributed by atoms with Crippen molar-refractivity contribution in [3.8, 4) is 5.75 Å². The van der Waals surface area contributed by atoms with E-state index in [0.717, 1.165) is 11.5 Å². The molecule has 1 atom stereocenters. The highest BCUT2D eigenvalue weighted by atomic mass is 32.2. The first-order valence-corrected chi connectivity index (χ1v) is 7.97. The maximum Gasteiger partial charge on any atom is 0.124 e. The molecule has 0 amide bonds. The van der Waals surface area contributed by atoms with Crippen LogP contribution in [0.4, 0.5) is 0 Å². The van der Waals surface area contributed by atoms with Gasteiger partial charge in [-0.25, -0.2) is 0 Å². The van der Waals surface area contributed by atoms with Crippen LogP contribution in [-0.2, 0) is 6.61 Å². The van der Waals surface area contributed by atoms with Crippen LogP contribution >= 0.6 is 11.8 Å². The molecule has 1 aliphatic rings. The quantitative estimate of drug-likeness (QED) is 0.934. The minimum Gasteiger partial charge on any atom is -0.489 e. The van der Waals surface area contributed by atoms with Gasteiger partial charge in [-0.2, -0.15) is 0 Å². The molecule has 0 aromatic heterocycles. The Kier molecular flexibility index (Phi) is 3.99. The number of benzene rings is 2. The average Bonchev–Trinajstić information content (AvgIpc) is 2.62. The zero-order chi connectivity index (χ0) is 13.9. The van der Waals surface area contributed by atoms with Crippen molar-refractivity contribution in [2.75, 3.05) is 12.3 Å². The third-order valence-corrected chi connectivity index (χ3v) is 4.88. The van der Waals surface area contributed by atoms with Gasteiger partial charge in [0.2, 0.25) is 0 Å². The van der Waals surface area contributed by atoms with Crippen molar-refractivity contribution >= 4 is 11.8 Å². The van der Waals surface area contributed by atoms with E-state index < -0.39 is 0 Å². The molecular weight excluding hydrogens is 266 g/mol. The van der Waals surface area contributed by atoms with Crippen LogP contribution in [0.3, 0.4) is 0 Å². The Balaban J connectivity index is 2.10. The molecule has 20 heavy (non-hydrogen) atoms. The number of thioether (sulfide) groups is 1. The molecule has 2 aromatic carbocycles. The normalized spacial score (nSPS) is 16.8. The van der Waals surface area contributed by atoms with E-state index in [1.54, 1.807) is 0 Å². The second-order valence-corrected chi connectivity index (χ2v) is 6.28. The average molecular weight is 285 g/mol. The summed E-state index contributed by atoms with van der Waals surface area (Å²) in [6, 6.07) is 15.0. The predicted molar refractivity (Wildman–Crippen MR) is 85.3 cm³/mol. The van der Waals surface area contributed by atoms with Crippen LogP contribution in [0.2, 0.25) is 0 Å². The Morgan fingerprint density at radius 2 is 2.05 bits per heavy atom. The molecule has 1 aliphatic heterocycles. The van der Waals surface area contributed by atoms with Gasteiger partial charge in [0.15, 0.2) is 0 Å². The van der Waals surface area contributed by atoms with Crippen molar-refractivity contribution in [3.63, 3.8) is 0 Å². The first kappa shape index (κ1) is 13.5. The van der Waals surface area contributed by atoms with Gasteiger partial charge in [0, 0.05) is 17.9 Å². The van der Waals surface area contributed by atoms with Gasteiger partial charge in [0.05, 0.1) is 5.25 Å². The van der Waals surface area contributed by atoms with Crippen molar-refractivity contribution in [2.45, 2.75) is 18.8 Å². The van der Waals surface area contributed by atoms with Gasteiger partial charge in [0.1, 0.15) is 12.4 Å². The third-order valence-electron chi connectivity index (χ3n) is 3.57. The van der Waals surface area contributed by atoms with E-state index in [-0.39, 0.29) is 0 Å². The van der Waals surface area contributed by atoms with Crippen molar-refractivity contribution in [1.29, 1.82) is 0 Å². The van der Waals surface area contributed by atoms with Gasteiger partial charge in [-0.3, -0.25) is 0 Å². The Morgan fingerprint density at radius 1 is 1.20 bits per heavy atom. The molecule has 0 unspecified atom stereocenters. The lowest BCUT2D eigenvalue weighted by Gasteiger charge is -2.18. The number of ether oxygens (including phenoxy) is 1. The first-order chi connectivity index (χ1) is 9.79. The summed E-state index contributed by atoms with van der Waals surface area (Å²) in [7, 11) is 0. The van der Waals surface area contributed by atoms with E-state index >= 15 is 0 Å². The smallest absolute Gasteiger partial charge is 0.124 e. The van der Waals surface area contributed by atoms with Crippen LogP contribution in [-0.4, -0.2) is 12.3 Å². The number of fused-ring (bicyclic) bond motifs is 2. The van der Waals surface area contributed by atoms with E-state index in [2.05, 4.69) is 49.4 Å². The minimum absolute atomic E-state index is 0.312. The molecule has 0 radical (unpaired) electrons. The highest BCUT2D eigenvalue weighted by Gasteiger charge is 2.24. The Labute approximate surface area is 124 Å². The second kappa shape index (κ2) is 5.90. The summed E-state index contributed by atoms with van der Waals surface area (Å²) in [6.45, 7) is 3.47. The zero-order valence-electron chi connectivity index (χ0n) is 11.6. The predicted octanol–water partition coefficient (Wildman–Crippen LogP) is 3.67. The molecule has 3 rings (SSSR count). The number of hydrogen-bond donors (Lipinski definition) is 1. The molecule has 0 spiro atoms. The van der Waals surface area contributed by atoms with Gasteiger partial charge < -0.3 is 10.5 Å². The highest BCUT2D eigenvalue weighted by Crippen LogP contribution is 2.44. The van der Waals surface area contributed by atoms with E-state index in [0.29, 0.717) is 18.4 Å². The van der Waals surface area contributed by atoms with Gasteiger partial charge in [-0.05, 0) is 24.1 Å². The molecule has 0 fully saturated rings. The number of rotatable bonds is 3. The SMILES string of the molecule is Cc1ccc2c(c1)[C@H](SCCN)c1ccccc1CO2. The fourth-order valence-corrected chi connectivity index (χ4v) is 3.76. The van der Waals surface area contributed by atoms with Crippen LogP contribution in [0.15, 0.2) is 42.5 Å². The lowest BCUT2D eigenvalue weighted by atomic mass is 9.99. The highest BCUT2D eigenvalue weighted by molar-refractivity contribution is 7.99. The summed E-state index contributed by atoms with van der Waals surface area (Å²) < 4.78 is 6.00. The lowest BCUT2D eigenvalue weighted by Crippen LogP contribution is -2.06. The van der Waals surface area contributed by atoms with Crippen molar-refractivity contribution in [2.24, 2.45) is 5.73 Å². The summed E-state index contributed by atoms with van der Waals surface area (Å²) in [5, 5.41) is 0.312. The monoisotopic (exact) mass is 285 g/mol. The maximum atomic E-state index is 6.00. The van der Waals surface area contributed by atoms with Crippen LogP contribution in [0.1, 0.15) is 27.5 Å². The Morgan fingerprint density at radius 3 is 2.90 bits per heavy atom. The van der Waals surface area contributed by atoms with Crippen molar-refractivity contribution in [1.82, 2.24) is 0 Å². The molecule has 1 heterocycles. The Hall–Kier alpha value is -1.45. The fraction of sp³-hybridized carbons (Fsp3) is 0.294. The molecule has 0 bridgehead atoms. The zero-order valence-corrected chi connectivity index (χ0v) is 12.5. The lowest BCUT2D eigenvalue weighted by molar-refractivity contribution is 0.307. The van der Waals surface area contributed by atoms with Gasteiger partial charge in [0.25, 0.3) is 0 Å². The van der Waals surface area contributed by atoms with Crippen LogP contribution in [0.5, 0.6) is 5.75 Å². The molecule has 3 heteroatoms. The third kappa shape index (κ3) is 2.56. The summed E-state index contributed by atoms with van der Waals surface area (Å²) in [6.07, 6.45) is 0.